The number of hydrogen-bond donors (Lipinski definition) is 0. The van der Waals surface area contributed by atoms with E-state index in [9.17, 15) is 0 Å². The molecule has 2 aromatic heterocycles. The molecule has 0 atom stereocenters. The Kier molecular flexibility index (Phi) is 9.89. The molecule has 0 fully saturated rings. The van der Waals surface area contributed by atoms with Gasteiger partial charge in [0, 0.05) is 26.2 Å². The molecule has 8 heteroatoms. The van der Waals surface area contributed by atoms with Crippen molar-refractivity contribution in [3.63, 3.8) is 0 Å². The normalized spacial score (nSPS) is 12.4. The lowest BCUT2D eigenvalue weighted by molar-refractivity contribution is 0.187. The Morgan fingerprint density at radius 1 is 0.431 bits per heavy atom. The molecule has 0 unspecified atom stereocenters. The smallest absolute Gasteiger partial charge is 0.0967 e. The van der Waals surface area contributed by atoms with E-state index in [0.29, 0.717) is 13.1 Å². The molecule has 0 N–H and O–H groups in total. The fourth-order valence-corrected chi connectivity index (χ4v) is 9.21. The number of benzene rings is 8. The standard InChI is InChI=1S/C50H50N8/c1-3-5-21-55(31-45-33-57(53-51-45)29-35-25-41-17-13-37-9-7-10-38-14-18-42(26-35)49(41)47(37)38)23-24-56(22-6-4-2)32-46-34-58(54-52-46)30-36-27-43-19-15-39-11-8-12-40-16-20-44(28-36)50(43)48(39)40/h7-20,25-28,33-34H,3-6,21-24,29-32H2,1-2H3. The van der Waals surface area contributed by atoms with Crippen LogP contribution in [0.1, 0.15) is 62.0 Å². The minimum absolute atomic E-state index is 0.695. The van der Waals surface area contributed by atoms with Gasteiger partial charge in [0.25, 0.3) is 0 Å². The number of nitrogens with zero attached hydrogens (tertiary/aromatic N) is 8. The molecule has 10 rings (SSSR count). The summed E-state index contributed by atoms with van der Waals surface area (Å²) in [5, 5.41) is 34.2. The lowest BCUT2D eigenvalue weighted by Gasteiger charge is -2.26. The molecule has 0 radical (unpaired) electrons. The van der Waals surface area contributed by atoms with Gasteiger partial charge in [-0.2, -0.15) is 0 Å². The van der Waals surface area contributed by atoms with Crippen molar-refractivity contribution in [2.75, 3.05) is 26.2 Å². The van der Waals surface area contributed by atoms with Gasteiger partial charge in [0.2, 0.25) is 0 Å². The van der Waals surface area contributed by atoms with Crippen molar-refractivity contribution in [2.45, 2.75) is 65.7 Å². The van der Waals surface area contributed by atoms with E-state index >= 15 is 0 Å². The Bertz CT molecular complexity index is 2650. The first-order valence-corrected chi connectivity index (χ1v) is 21.1. The van der Waals surface area contributed by atoms with E-state index in [1.165, 1.54) is 75.8 Å². The fraction of sp³-hybridized carbons (Fsp3) is 0.280. The lowest BCUT2D eigenvalue weighted by Crippen LogP contribution is -2.36. The number of hydrogen-bond acceptors (Lipinski definition) is 6. The van der Waals surface area contributed by atoms with Gasteiger partial charge >= 0.3 is 0 Å². The van der Waals surface area contributed by atoms with E-state index in [-0.39, 0.29) is 0 Å². The molecule has 0 bridgehead atoms. The molecule has 0 saturated carbocycles. The van der Waals surface area contributed by atoms with Crippen molar-refractivity contribution in [1.82, 2.24) is 39.8 Å². The van der Waals surface area contributed by atoms with Gasteiger partial charge in [-0.3, -0.25) is 9.80 Å². The Morgan fingerprint density at radius 2 is 0.776 bits per heavy atom. The van der Waals surface area contributed by atoms with Crippen LogP contribution < -0.4 is 0 Å². The Labute approximate surface area is 339 Å². The second kappa shape index (κ2) is 15.8. The first-order chi connectivity index (χ1) is 28.6. The van der Waals surface area contributed by atoms with Gasteiger partial charge in [0.05, 0.1) is 36.9 Å². The third kappa shape index (κ3) is 7.23. The molecular weight excluding hydrogens is 713 g/mol. The quantitative estimate of drug-likeness (QED) is 0.0861. The fourth-order valence-electron chi connectivity index (χ4n) is 9.21. The van der Waals surface area contributed by atoms with Crippen molar-refractivity contribution in [1.29, 1.82) is 0 Å². The summed E-state index contributed by atoms with van der Waals surface area (Å²) in [5.74, 6) is 0. The summed E-state index contributed by atoms with van der Waals surface area (Å²) in [6.45, 7) is 11.5. The molecule has 8 aromatic carbocycles. The first kappa shape index (κ1) is 36.4. The molecule has 0 amide bonds. The van der Waals surface area contributed by atoms with Crippen LogP contribution >= 0.6 is 0 Å². The summed E-state index contributed by atoms with van der Waals surface area (Å²) in [6.07, 6.45) is 8.91. The van der Waals surface area contributed by atoms with Crippen LogP contribution in [-0.4, -0.2) is 66.0 Å². The molecule has 58 heavy (non-hydrogen) atoms. The summed E-state index contributed by atoms with van der Waals surface area (Å²) in [4.78, 5) is 5.10. The van der Waals surface area contributed by atoms with E-state index in [0.717, 1.165) is 76.3 Å². The summed E-state index contributed by atoms with van der Waals surface area (Å²) < 4.78 is 4.00. The highest BCUT2D eigenvalue weighted by Gasteiger charge is 2.16. The maximum Gasteiger partial charge on any atom is 0.0967 e. The molecule has 0 aliphatic carbocycles. The first-order valence-electron chi connectivity index (χ1n) is 21.1. The van der Waals surface area contributed by atoms with Crippen LogP contribution in [0.25, 0.3) is 64.6 Å². The van der Waals surface area contributed by atoms with Crippen molar-refractivity contribution >= 4 is 64.6 Å². The summed E-state index contributed by atoms with van der Waals surface area (Å²) in [7, 11) is 0. The molecule has 0 spiro atoms. The van der Waals surface area contributed by atoms with Gasteiger partial charge in [0.1, 0.15) is 0 Å². The van der Waals surface area contributed by atoms with Crippen LogP contribution in [-0.2, 0) is 26.2 Å². The van der Waals surface area contributed by atoms with Crippen molar-refractivity contribution in [3.05, 3.63) is 144 Å². The number of rotatable bonds is 17. The maximum atomic E-state index is 4.66. The van der Waals surface area contributed by atoms with E-state index in [4.69, 9.17) is 0 Å². The largest absolute Gasteiger partial charge is 0.296 e. The minimum Gasteiger partial charge on any atom is -0.296 e. The predicted octanol–water partition coefficient (Wildman–Crippen LogP) is 10.7. The molecule has 0 aliphatic heterocycles. The van der Waals surface area contributed by atoms with Gasteiger partial charge in [-0.25, -0.2) is 9.36 Å². The van der Waals surface area contributed by atoms with E-state index in [1.807, 2.05) is 9.36 Å². The van der Waals surface area contributed by atoms with Crippen molar-refractivity contribution in [3.8, 4) is 0 Å². The minimum atomic E-state index is 0.695. The maximum absolute atomic E-state index is 4.66. The summed E-state index contributed by atoms with van der Waals surface area (Å²) in [5.41, 5.74) is 4.52. The highest BCUT2D eigenvalue weighted by atomic mass is 15.4. The van der Waals surface area contributed by atoms with Gasteiger partial charge in [-0.05, 0) is 126 Å². The van der Waals surface area contributed by atoms with Gasteiger partial charge in [-0.1, -0.05) is 122 Å². The van der Waals surface area contributed by atoms with Gasteiger partial charge in [-0.15, -0.1) is 10.2 Å². The molecule has 10 aromatic rings. The van der Waals surface area contributed by atoms with Crippen molar-refractivity contribution in [2.24, 2.45) is 0 Å². The van der Waals surface area contributed by atoms with E-state index in [1.54, 1.807) is 0 Å². The summed E-state index contributed by atoms with van der Waals surface area (Å²) >= 11 is 0. The molecule has 2 heterocycles. The number of unbranched alkanes of at least 4 members (excludes halogenated alkanes) is 2. The average Bonchev–Trinajstić information content (AvgIpc) is 3.89. The predicted molar refractivity (Wildman–Crippen MR) is 239 cm³/mol. The Hall–Kier alpha value is -5.96. The zero-order valence-corrected chi connectivity index (χ0v) is 33.6. The second-order valence-electron chi connectivity index (χ2n) is 16.3. The third-order valence-corrected chi connectivity index (χ3v) is 12.1. The SMILES string of the molecule is CCCCN(CCN(CCCC)Cc1cn(Cc2cc3ccc4cccc5ccc(c2)c3c45)nn1)Cc1cn(Cc2cc3ccc4cccc5ccc(c2)c3c45)nn1. The van der Waals surface area contributed by atoms with E-state index in [2.05, 4.69) is 166 Å². The monoisotopic (exact) mass is 762 g/mol. The average molecular weight is 763 g/mol. The van der Waals surface area contributed by atoms with Crippen LogP contribution in [0.5, 0.6) is 0 Å². The van der Waals surface area contributed by atoms with Gasteiger partial charge in [0.15, 0.2) is 0 Å². The van der Waals surface area contributed by atoms with Crippen molar-refractivity contribution < 1.29 is 0 Å². The van der Waals surface area contributed by atoms with Gasteiger partial charge < -0.3 is 0 Å². The number of aromatic nitrogens is 6. The van der Waals surface area contributed by atoms with Crippen LogP contribution in [0.2, 0.25) is 0 Å². The van der Waals surface area contributed by atoms with Crippen LogP contribution in [0.3, 0.4) is 0 Å². The molecule has 8 nitrogen and oxygen atoms in total. The van der Waals surface area contributed by atoms with Crippen LogP contribution in [0.15, 0.2) is 122 Å². The Morgan fingerprint density at radius 3 is 1.14 bits per heavy atom. The molecule has 0 aliphatic rings. The molecule has 0 saturated heterocycles. The lowest BCUT2D eigenvalue weighted by atomic mass is 9.93. The van der Waals surface area contributed by atoms with E-state index < -0.39 is 0 Å². The zero-order chi connectivity index (χ0) is 39.0. The summed E-state index contributed by atoms with van der Waals surface area (Å²) in [6, 6.07) is 40.4. The zero-order valence-electron chi connectivity index (χ0n) is 33.6. The highest BCUT2D eigenvalue weighted by Crippen LogP contribution is 2.36. The van der Waals surface area contributed by atoms with Crippen LogP contribution in [0.4, 0.5) is 0 Å². The second-order valence-corrected chi connectivity index (χ2v) is 16.3. The third-order valence-electron chi connectivity index (χ3n) is 12.1. The molecular formula is C50H50N8. The Balaban J connectivity index is 0.800. The topological polar surface area (TPSA) is 67.9 Å². The molecule has 290 valence electrons. The highest BCUT2D eigenvalue weighted by molar-refractivity contribution is 6.24. The van der Waals surface area contributed by atoms with Crippen LogP contribution in [0, 0.1) is 0 Å².